The smallest absolute Gasteiger partial charge is 0.276 e. The van der Waals surface area contributed by atoms with Gasteiger partial charge < -0.3 is 15.8 Å². The summed E-state index contributed by atoms with van der Waals surface area (Å²) in [7, 11) is 0. The van der Waals surface area contributed by atoms with E-state index in [1.54, 1.807) is 0 Å². The van der Waals surface area contributed by atoms with E-state index in [1.807, 2.05) is 0 Å². The van der Waals surface area contributed by atoms with Crippen LogP contribution >= 0.6 is 0 Å². The predicted molar refractivity (Wildman–Crippen MR) is 56.8 cm³/mol. The summed E-state index contributed by atoms with van der Waals surface area (Å²) < 4.78 is 0. The molecular formula is C9H12N4O3. The molecule has 7 nitrogen and oxygen atoms in total. The van der Waals surface area contributed by atoms with Crippen molar-refractivity contribution in [3.05, 3.63) is 16.7 Å². The quantitative estimate of drug-likeness (QED) is 0.577. The number of nitrogens with two attached hydrogens (primary N) is 1. The van der Waals surface area contributed by atoms with Crippen molar-refractivity contribution in [1.29, 1.82) is 0 Å². The van der Waals surface area contributed by atoms with Crippen LogP contribution in [0.25, 0.3) is 0 Å². The van der Waals surface area contributed by atoms with Gasteiger partial charge >= 0.3 is 0 Å². The molecular weight excluding hydrogens is 212 g/mol. The van der Waals surface area contributed by atoms with Crippen LogP contribution in [-0.2, 0) is 4.79 Å². The number of hydrogen-bond acceptors (Lipinski definition) is 5. The largest absolute Gasteiger partial charge is 0.396 e. The van der Waals surface area contributed by atoms with Crippen molar-refractivity contribution in [1.82, 2.24) is 9.97 Å². The molecule has 1 atom stereocenters. The van der Waals surface area contributed by atoms with Crippen LogP contribution in [0.3, 0.4) is 0 Å². The standard InChI is InChI=1S/C9H12N4O3/c10-7-8(11-4-12-9(7)16)13-2-5(3-14)1-6(13)15/h4-5,14H,1-3,10H2,(H,11,12,16). The number of hydrogen-bond donors (Lipinski definition) is 3. The van der Waals surface area contributed by atoms with Crippen LogP contribution in [0.2, 0.25) is 0 Å². The van der Waals surface area contributed by atoms with E-state index in [4.69, 9.17) is 10.8 Å². The van der Waals surface area contributed by atoms with Gasteiger partial charge in [0.05, 0.1) is 6.33 Å². The number of aliphatic hydroxyl groups is 1. The van der Waals surface area contributed by atoms with Crippen molar-refractivity contribution < 1.29 is 9.90 Å². The number of aliphatic hydroxyl groups excluding tert-OH is 1. The van der Waals surface area contributed by atoms with Gasteiger partial charge in [-0.3, -0.25) is 14.5 Å². The molecule has 1 aliphatic rings. The summed E-state index contributed by atoms with van der Waals surface area (Å²) in [5.74, 6) is -0.124. The highest BCUT2D eigenvalue weighted by atomic mass is 16.3. The topological polar surface area (TPSA) is 112 Å². The van der Waals surface area contributed by atoms with Gasteiger partial charge in [-0.15, -0.1) is 0 Å². The lowest BCUT2D eigenvalue weighted by Gasteiger charge is -2.15. The first-order valence-electron chi connectivity index (χ1n) is 4.88. The van der Waals surface area contributed by atoms with E-state index in [1.165, 1.54) is 11.2 Å². The molecule has 0 radical (unpaired) electrons. The predicted octanol–water partition coefficient (Wildman–Crippen LogP) is -1.30. The third-order valence-corrected chi connectivity index (χ3v) is 2.59. The Morgan fingerprint density at radius 2 is 2.38 bits per heavy atom. The lowest BCUT2D eigenvalue weighted by molar-refractivity contribution is -0.117. The van der Waals surface area contributed by atoms with Crippen LogP contribution in [-0.4, -0.2) is 34.1 Å². The number of H-pyrrole nitrogens is 1. The molecule has 2 heterocycles. The van der Waals surface area contributed by atoms with Gasteiger partial charge in [0.15, 0.2) is 5.82 Å². The van der Waals surface area contributed by atoms with Gasteiger partial charge in [-0.05, 0) is 0 Å². The Morgan fingerprint density at radius 1 is 1.62 bits per heavy atom. The minimum Gasteiger partial charge on any atom is -0.396 e. The number of nitrogen functional groups attached to an aromatic ring is 1. The van der Waals surface area contributed by atoms with Gasteiger partial charge in [-0.1, -0.05) is 0 Å². The van der Waals surface area contributed by atoms with Gasteiger partial charge in [-0.2, -0.15) is 0 Å². The Kier molecular flexibility index (Phi) is 2.61. The number of carbonyl (C=O) groups excluding carboxylic acids is 1. The molecule has 4 N–H and O–H groups in total. The SMILES string of the molecule is Nc1c(N2CC(CO)CC2=O)nc[nH]c1=O. The van der Waals surface area contributed by atoms with Crippen molar-refractivity contribution in [3.63, 3.8) is 0 Å². The first-order valence-corrected chi connectivity index (χ1v) is 4.88. The molecule has 0 saturated carbocycles. The number of amides is 1. The average molecular weight is 224 g/mol. The number of carbonyl (C=O) groups is 1. The van der Waals surface area contributed by atoms with Crippen LogP contribution in [0.5, 0.6) is 0 Å². The van der Waals surface area contributed by atoms with Gasteiger partial charge in [0.25, 0.3) is 5.56 Å². The van der Waals surface area contributed by atoms with E-state index < -0.39 is 5.56 Å². The van der Waals surface area contributed by atoms with E-state index in [0.717, 1.165) is 0 Å². The summed E-state index contributed by atoms with van der Waals surface area (Å²) in [6.07, 6.45) is 1.46. The highest BCUT2D eigenvalue weighted by molar-refractivity contribution is 5.97. The second-order valence-corrected chi connectivity index (χ2v) is 3.73. The van der Waals surface area contributed by atoms with Gasteiger partial charge in [0.2, 0.25) is 5.91 Å². The third-order valence-electron chi connectivity index (χ3n) is 2.59. The molecule has 86 valence electrons. The molecule has 1 fully saturated rings. The first-order chi connectivity index (χ1) is 7.63. The first kappa shape index (κ1) is 10.6. The van der Waals surface area contributed by atoms with Crippen molar-refractivity contribution >= 4 is 17.4 Å². The summed E-state index contributed by atoms with van der Waals surface area (Å²) in [5.41, 5.74) is 5.01. The lowest BCUT2D eigenvalue weighted by atomic mass is 10.1. The zero-order chi connectivity index (χ0) is 11.7. The van der Waals surface area contributed by atoms with Crippen molar-refractivity contribution in [3.8, 4) is 0 Å². The number of aromatic nitrogens is 2. The molecule has 16 heavy (non-hydrogen) atoms. The molecule has 1 aliphatic heterocycles. The van der Waals surface area contributed by atoms with E-state index in [9.17, 15) is 9.59 Å². The van der Waals surface area contributed by atoms with Crippen LogP contribution in [0.15, 0.2) is 11.1 Å². The molecule has 7 heteroatoms. The molecule has 1 aromatic heterocycles. The fourth-order valence-corrected chi connectivity index (χ4v) is 1.72. The maximum atomic E-state index is 11.6. The molecule has 2 rings (SSSR count). The number of aromatic amines is 1. The van der Waals surface area contributed by atoms with E-state index >= 15 is 0 Å². The molecule has 1 amide bonds. The van der Waals surface area contributed by atoms with Crippen LogP contribution in [0.4, 0.5) is 11.5 Å². The fraction of sp³-hybridized carbons (Fsp3) is 0.444. The summed E-state index contributed by atoms with van der Waals surface area (Å²) >= 11 is 0. The van der Waals surface area contributed by atoms with Crippen LogP contribution < -0.4 is 16.2 Å². The van der Waals surface area contributed by atoms with Crippen molar-refractivity contribution in [2.75, 3.05) is 23.8 Å². The zero-order valence-corrected chi connectivity index (χ0v) is 8.51. The lowest BCUT2D eigenvalue weighted by Crippen LogP contribution is -2.29. The van der Waals surface area contributed by atoms with Gasteiger partial charge in [0, 0.05) is 25.5 Å². The Morgan fingerprint density at radius 3 is 3.00 bits per heavy atom. The molecule has 1 saturated heterocycles. The molecule has 1 unspecified atom stereocenters. The Balaban J connectivity index is 2.35. The summed E-state index contributed by atoms with van der Waals surface area (Å²) in [5, 5.41) is 8.97. The summed E-state index contributed by atoms with van der Waals surface area (Å²) in [4.78, 5) is 30.4. The van der Waals surface area contributed by atoms with Crippen LogP contribution in [0, 0.1) is 5.92 Å². The summed E-state index contributed by atoms with van der Waals surface area (Å²) in [6.45, 7) is 0.279. The average Bonchev–Trinajstić information content (AvgIpc) is 2.64. The second-order valence-electron chi connectivity index (χ2n) is 3.73. The summed E-state index contributed by atoms with van der Waals surface area (Å²) in [6, 6.07) is 0. The molecule has 0 spiro atoms. The van der Waals surface area contributed by atoms with E-state index in [0.29, 0.717) is 6.54 Å². The maximum absolute atomic E-state index is 11.6. The fourth-order valence-electron chi connectivity index (χ4n) is 1.72. The van der Waals surface area contributed by atoms with Gasteiger partial charge in [-0.25, -0.2) is 4.98 Å². The third kappa shape index (κ3) is 1.65. The van der Waals surface area contributed by atoms with E-state index in [-0.39, 0.29) is 36.4 Å². The molecule has 1 aromatic rings. The highest BCUT2D eigenvalue weighted by Crippen LogP contribution is 2.25. The van der Waals surface area contributed by atoms with Crippen molar-refractivity contribution in [2.24, 2.45) is 5.92 Å². The molecule has 0 aliphatic carbocycles. The minimum absolute atomic E-state index is 0.0642. The van der Waals surface area contributed by atoms with Crippen molar-refractivity contribution in [2.45, 2.75) is 6.42 Å². The monoisotopic (exact) mass is 224 g/mol. The van der Waals surface area contributed by atoms with Crippen LogP contribution in [0.1, 0.15) is 6.42 Å². The number of anilines is 2. The number of nitrogens with zero attached hydrogens (tertiary/aromatic N) is 2. The second kappa shape index (κ2) is 3.93. The minimum atomic E-state index is -0.467. The Labute approximate surface area is 90.9 Å². The Bertz CT molecular complexity index is 470. The molecule has 0 aromatic carbocycles. The zero-order valence-electron chi connectivity index (χ0n) is 8.51. The number of nitrogens with one attached hydrogen (secondary N) is 1. The van der Waals surface area contributed by atoms with Gasteiger partial charge in [0.1, 0.15) is 5.69 Å². The molecule has 0 bridgehead atoms. The maximum Gasteiger partial charge on any atom is 0.276 e. The normalized spacial score (nSPS) is 20.4. The number of rotatable bonds is 2. The highest BCUT2D eigenvalue weighted by Gasteiger charge is 2.32. The Hall–Kier alpha value is -1.89. The van der Waals surface area contributed by atoms with E-state index in [2.05, 4.69) is 9.97 Å².